The molecule has 0 saturated carbocycles. The standard InChI is InChI=1S/C19H13F2N3O7S/c1-31-14-5-9(4-13(17(14)26)24(29)30)6-15-18(27)23(19(28)32-15)8-16(25)22-12-3-2-10(20)7-11(12)21/h2-7,26H,8H2,1H3,(H,22,25)/b15-6+. The Bertz CT molecular complexity index is 1190. The minimum absolute atomic E-state index is 0.0923. The molecule has 3 rings (SSSR count). The van der Waals surface area contributed by atoms with E-state index in [9.17, 15) is 38.4 Å². The predicted molar refractivity (Wildman–Crippen MR) is 109 cm³/mol. The second-order valence-electron chi connectivity index (χ2n) is 6.29. The molecule has 0 aromatic heterocycles. The Hall–Kier alpha value is -4.00. The minimum Gasteiger partial charge on any atom is -0.500 e. The van der Waals surface area contributed by atoms with Crippen LogP contribution in [0.2, 0.25) is 0 Å². The van der Waals surface area contributed by atoms with Crippen LogP contribution in [0.3, 0.4) is 0 Å². The Morgan fingerprint density at radius 2 is 2.03 bits per heavy atom. The maximum Gasteiger partial charge on any atom is 0.315 e. The van der Waals surface area contributed by atoms with Crippen LogP contribution in [-0.2, 0) is 9.59 Å². The van der Waals surface area contributed by atoms with Gasteiger partial charge in [-0.15, -0.1) is 0 Å². The number of phenols is 1. The maximum absolute atomic E-state index is 13.7. The van der Waals surface area contributed by atoms with Crippen LogP contribution < -0.4 is 10.1 Å². The number of hydrogen-bond acceptors (Lipinski definition) is 8. The number of anilines is 1. The number of carbonyl (C=O) groups excluding carboxylic acids is 3. The Balaban J connectivity index is 1.80. The zero-order valence-corrected chi connectivity index (χ0v) is 16.9. The van der Waals surface area contributed by atoms with Gasteiger partial charge in [0.2, 0.25) is 11.7 Å². The lowest BCUT2D eigenvalue weighted by molar-refractivity contribution is -0.386. The number of benzene rings is 2. The van der Waals surface area contributed by atoms with Crippen LogP contribution in [0.1, 0.15) is 5.56 Å². The van der Waals surface area contributed by atoms with Crippen molar-refractivity contribution >= 4 is 46.3 Å². The van der Waals surface area contributed by atoms with Crippen molar-refractivity contribution in [1.82, 2.24) is 4.90 Å². The average Bonchev–Trinajstić information content (AvgIpc) is 2.98. The van der Waals surface area contributed by atoms with E-state index < -0.39 is 51.6 Å². The summed E-state index contributed by atoms with van der Waals surface area (Å²) in [4.78, 5) is 47.6. The number of rotatable bonds is 6. The number of ether oxygens (including phenoxy) is 1. The molecule has 3 amide bonds. The first-order valence-corrected chi connectivity index (χ1v) is 9.48. The summed E-state index contributed by atoms with van der Waals surface area (Å²) < 4.78 is 31.5. The van der Waals surface area contributed by atoms with Crippen LogP contribution in [-0.4, -0.2) is 45.6 Å². The number of nitrogens with one attached hydrogen (secondary N) is 1. The highest BCUT2D eigenvalue weighted by Crippen LogP contribution is 2.39. The van der Waals surface area contributed by atoms with Crippen LogP contribution in [0.4, 0.5) is 25.0 Å². The number of thioether (sulfide) groups is 1. The highest BCUT2D eigenvalue weighted by atomic mass is 32.2. The van der Waals surface area contributed by atoms with Gasteiger partial charge < -0.3 is 15.2 Å². The molecule has 0 aliphatic carbocycles. The topological polar surface area (TPSA) is 139 Å². The largest absolute Gasteiger partial charge is 0.500 e. The van der Waals surface area contributed by atoms with Gasteiger partial charge in [-0.1, -0.05) is 0 Å². The summed E-state index contributed by atoms with van der Waals surface area (Å²) in [5.41, 5.74) is -0.910. The van der Waals surface area contributed by atoms with E-state index in [1.807, 2.05) is 0 Å². The van der Waals surface area contributed by atoms with E-state index in [4.69, 9.17) is 4.74 Å². The molecule has 13 heteroatoms. The molecule has 166 valence electrons. The van der Waals surface area contributed by atoms with E-state index in [-0.39, 0.29) is 21.9 Å². The number of phenolic OH excluding ortho intramolecular Hbond substituents is 1. The first kappa shape index (κ1) is 22.7. The molecular weight excluding hydrogens is 452 g/mol. The maximum atomic E-state index is 13.7. The highest BCUT2D eigenvalue weighted by molar-refractivity contribution is 8.18. The molecule has 1 aliphatic heterocycles. The van der Waals surface area contributed by atoms with Crippen molar-refractivity contribution in [2.75, 3.05) is 19.0 Å². The van der Waals surface area contributed by atoms with Crippen molar-refractivity contribution in [1.29, 1.82) is 0 Å². The molecule has 2 aromatic carbocycles. The molecule has 2 aromatic rings. The fourth-order valence-corrected chi connectivity index (χ4v) is 3.54. The summed E-state index contributed by atoms with van der Waals surface area (Å²) in [7, 11) is 1.18. The summed E-state index contributed by atoms with van der Waals surface area (Å²) in [6.07, 6.45) is 1.16. The van der Waals surface area contributed by atoms with Crippen LogP contribution in [0.25, 0.3) is 6.08 Å². The lowest BCUT2D eigenvalue weighted by Gasteiger charge is -2.12. The summed E-state index contributed by atoms with van der Waals surface area (Å²) in [5, 5.41) is 22.3. The molecule has 32 heavy (non-hydrogen) atoms. The molecule has 1 fully saturated rings. The monoisotopic (exact) mass is 465 g/mol. The summed E-state index contributed by atoms with van der Waals surface area (Å²) in [6.45, 7) is -0.738. The lowest BCUT2D eigenvalue weighted by atomic mass is 10.1. The molecule has 0 spiro atoms. The molecule has 0 bridgehead atoms. The summed E-state index contributed by atoms with van der Waals surface area (Å²) in [6, 6.07) is 4.67. The number of amides is 3. The normalized spacial score (nSPS) is 14.7. The van der Waals surface area contributed by atoms with E-state index in [0.29, 0.717) is 22.7 Å². The Morgan fingerprint density at radius 1 is 1.31 bits per heavy atom. The number of hydrogen-bond donors (Lipinski definition) is 2. The summed E-state index contributed by atoms with van der Waals surface area (Å²) in [5.74, 6) is -4.55. The molecule has 0 unspecified atom stereocenters. The second kappa shape index (κ2) is 9.01. The number of halogens is 2. The highest BCUT2D eigenvalue weighted by Gasteiger charge is 2.36. The van der Waals surface area contributed by atoms with Gasteiger partial charge in [-0.25, -0.2) is 8.78 Å². The lowest BCUT2D eigenvalue weighted by Crippen LogP contribution is -2.36. The van der Waals surface area contributed by atoms with Crippen LogP contribution in [0, 0.1) is 21.7 Å². The van der Waals surface area contributed by atoms with Crippen molar-refractivity contribution < 1.29 is 37.9 Å². The molecule has 2 N–H and O–H groups in total. The third-order valence-electron chi connectivity index (χ3n) is 4.17. The van der Waals surface area contributed by atoms with Crippen molar-refractivity contribution in [2.45, 2.75) is 0 Å². The SMILES string of the molecule is COc1cc(/C=C2/SC(=O)N(CC(=O)Nc3ccc(F)cc3F)C2=O)cc([N+](=O)[O-])c1O. The zero-order valence-electron chi connectivity index (χ0n) is 16.1. The van der Waals surface area contributed by atoms with E-state index in [0.717, 1.165) is 24.3 Å². The smallest absolute Gasteiger partial charge is 0.315 e. The van der Waals surface area contributed by atoms with Crippen molar-refractivity contribution in [2.24, 2.45) is 0 Å². The first-order valence-electron chi connectivity index (χ1n) is 8.66. The van der Waals surface area contributed by atoms with Gasteiger partial charge in [0, 0.05) is 12.1 Å². The van der Waals surface area contributed by atoms with E-state index in [1.165, 1.54) is 13.2 Å². The van der Waals surface area contributed by atoms with Gasteiger partial charge >= 0.3 is 5.69 Å². The van der Waals surface area contributed by atoms with Gasteiger partial charge in [0.15, 0.2) is 5.75 Å². The van der Waals surface area contributed by atoms with Crippen molar-refractivity contribution in [3.05, 3.63) is 62.5 Å². The van der Waals surface area contributed by atoms with Gasteiger partial charge in [0.1, 0.15) is 18.2 Å². The Morgan fingerprint density at radius 3 is 2.66 bits per heavy atom. The van der Waals surface area contributed by atoms with E-state index in [1.54, 1.807) is 0 Å². The number of imide groups is 1. The average molecular weight is 465 g/mol. The van der Waals surface area contributed by atoms with Gasteiger partial charge in [0.05, 0.1) is 22.6 Å². The van der Waals surface area contributed by atoms with Crippen LogP contribution in [0.5, 0.6) is 11.5 Å². The first-order chi connectivity index (χ1) is 15.1. The zero-order chi connectivity index (χ0) is 23.6. The molecule has 1 saturated heterocycles. The van der Waals surface area contributed by atoms with Gasteiger partial charge in [0.25, 0.3) is 11.1 Å². The predicted octanol–water partition coefficient (Wildman–Crippen LogP) is 3.26. The third-order valence-corrected chi connectivity index (χ3v) is 5.08. The molecule has 10 nitrogen and oxygen atoms in total. The van der Waals surface area contributed by atoms with Crippen LogP contribution in [0.15, 0.2) is 35.2 Å². The molecule has 1 aliphatic rings. The molecular formula is C19H13F2N3O7S. The number of aromatic hydroxyl groups is 1. The summed E-state index contributed by atoms with van der Waals surface area (Å²) >= 11 is 0.484. The third kappa shape index (κ3) is 4.67. The van der Waals surface area contributed by atoms with Gasteiger partial charge in [-0.3, -0.25) is 29.4 Å². The van der Waals surface area contributed by atoms with Gasteiger partial charge in [-0.2, -0.15) is 0 Å². The number of methoxy groups -OCH3 is 1. The Labute approximate surface area is 182 Å². The molecule has 0 atom stereocenters. The minimum atomic E-state index is -1.03. The Kier molecular flexibility index (Phi) is 6.39. The molecule has 0 radical (unpaired) electrons. The fraction of sp³-hybridized carbons (Fsp3) is 0.105. The van der Waals surface area contributed by atoms with Crippen molar-refractivity contribution in [3.63, 3.8) is 0 Å². The second-order valence-corrected chi connectivity index (χ2v) is 7.28. The quantitative estimate of drug-likeness (QED) is 0.377. The van der Waals surface area contributed by atoms with E-state index in [2.05, 4.69) is 5.32 Å². The van der Waals surface area contributed by atoms with Gasteiger partial charge in [-0.05, 0) is 41.6 Å². The van der Waals surface area contributed by atoms with Crippen molar-refractivity contribution in [3.8, 4) is 11.5 Å². The number of nitro groups is 1. The number of nitro benzene ring substituents is 1. The van der Waals surface area contributed by atoms with E-state index >= 15 is 0 Å². The fourth-order valence-electron chi connectivity index (χ4n) is 2.70. The van der Waals surface area contributed by atoms with Crippen LogP contribution >= 0.6 is 11.8 Å². The molecule has 1 heterocycles. The number of carbonyl (C=O) groups is 3. The number of nitrogens with zero attached hydrogens (tertiary/aromatic N) is 2.